The molecule has 0 saturated heterocycles. The number of hydrogen-bond acceptors (Lipinski definition) is 4. The average Bonchev–Trinajstić information content (AvgIpc) is 2.79. The van der Waals surface area contributed by atoms with Gasteiger partial charge in [0.25, 0.3) is 5.91 Å². The van der Waals surface area contributed by atoms with Gasteiger partial charge in [-0.1, -0.05) is 60.7 Å². The van der Waals surface area contributed by atoms with E-state index < -0.39 is 5.91 Å². The highest BCUT2D eigenvalue weighted by atomic mass is 32.2. The molecule has 4 rings (SSSR count). The Morgan fingerprint density at radius 3 is 2.58 bits per heavy atom. The lowest BCUT2D eigenvalue weighted by atomic mass is 10.1. The normalized spacial score (nSPS) is 10.9. The van der Waals surface area contributed by atoms with Crippen molar-refractivity contribution in [3.8, 4) is 5.69 Å². The zero-order valence-electron chi connectivity index (χ0n) is 17.2. The van der Waals surface area contributed by atoms with Gasteiger partial charge in [-0.3, -0.25) is 9.59 Å². The molecule has 1 amide bonds. The summed E-state index contributed by atoms with van der Waals surface area (Å²) in [6.45, 7) is 2.27. The van der Waals surface area contributed by atoms with E-state index in [2.05, 4.69) is 40.7 Å². The SMILES string of the molecule is Cc1cc(=O)c(C(=O)NCCSCc2cccc3ccccc23)nn1-c1ccccc1. The van der Waals surface area contributed by atoms with Crippen LogP contribution in [0.5, 0.6) is 0 Å². The monoisotopic (exact) mass is 429 g/mol. The van der Waals surface area contributed by atoms with Crippen LogP contribution < -0.4 is 10.7 Å². The van der Waals surface area contributed by atoms with Crippen LogP contribution >= 0.6 is 11.8 Å². The number of thioether (sulfide) groups is 1. The van der Waals surface area contributed by atoms with Crippen molar-refractivity contribution < 1.29 is 4.79 Å². The number of carbonyl (C=O) groups excluding carboxylic acids is 1. The van der Waals surface area contributed by atoms with Gasteiger partial charge >= 0.3 is 0 Å². The number of nitrogens with zero attached hydrogens (tertiary/aromatic N) is 2. The number of rotatable bonds is 7. The molecule has 0 saturated carbocycles. The summed E-state index contributed by atoms with van der Waals surface area (Å²) >= 11 is 1.75. The van der Waals surface area contributed by atoms with Crippen LogP contribution in [0.1, 0.15) is 21.7 Å². The Morgan fingerprint density at radius 2 is 1.74 bits per heavy atom. The summed E-state index contributed by atoms with van der Waals surface area (Å²) in [7, 11) is 0. The molecule has 1 N–H and O–H groups in total. The van der Waals surface area contributed by atoms with E-state index in [-0.39, 0.29) is 11.1 Å². The molecule has 0 bridgehead atoms. The van der Waals surface area contributed by atoms with Gasteiger partial charge in [-0.05, 0) is 35.4 Å². The zero-order valence-corrected chi connectivity index (χ0v) is 18.1. The lowest BCUT2D eigenvalue weighted by molar-refractivity contribution is 0.0948. The van der Waals surface area contributed by atoms with Crippen molar-refractivity contribution in [1.82, 2.24) is 15.1 Å². The van der Waals surface area contributed by atoms with Gasteiger partial charge in [0.15, 0.2) is 5.69 Å². The van der Waals surface area contributed by atoms with Crippen LogP contribution in [0.3, 0.4) is 0 Å². The maximum atomic E-state index is 12.6. The van der Waals surface area contributed by atoms with Crippen LogP contribution in [0.2, 0.25) is 0 Å². The first-order valence-electron chi connectivity index (χ1n) is 10.1. The molecule has 0 radical (unpaired) electrons. The van der Waals surface area contributed by atoms with Crippen LogP contribution in [0.15, 0.2) is 83.7 Å². The summed E-state index contributed by atoms with van der Waals surface area (Å²) < 4.78 is 1.62. The largest absolute Gasteiger partial charge is 0.350 e. The predicted molar refractivity (Wildman–Crippen MR) is 127 cm³/mol. The van der Waals surface area contributed by atoms with Crippen LogP contribution in [0.25, 0.3) is 16.5 Å². The molecule has 4 aromatic rings. The molecule has 6 heteroatoms. The summed E-state index contributed by atoms with van der Waals surface area (Å²) in [6, 6.07) is 25.6. The van der Waals surface area contributed by atoms with E-state index in [1.807, 2.05) is 42.5 Å². The highest BCUT2D eigenvalue weighted by Gasteiger charge is 2.15. The number of amides is 1. The fourth-order valence-electron chi connectivity index (χ4n) is 3.46. The van der Waals surface area contributed by atoms with Crippen molar-refractivity contribution in [3.05, 3.63) is 106 Å². The maximum absolute atomic E-state index is 12.6. The van der Waals surface area contributed by atoms with Crippen LogP contribution in [0.4, 0.5) is 0 Å². The molecule has 31 heavy (non-hydrogen) atoms. The molecule has 0 spiro atoms. The lowest BCUT2D eigenvalue weighted by Crippen LogP contribution is -2.33. The third-order valence-corrected chi connectivity index (χ3v) is 6.00. The van der Waals surface area contributed by atoms with Crippen molar-refractivity contribution >= 4 is 28.4 Å². The number of fused-ring (bicyclic) bond motifs is 1. The Balaban J connectivity index is 1.36. The van der Waals surface area contributed by atoms with Gasteiger partial charge in [-0.15, -0.1) is 0 Å². The second kappa shape index (κ2) is 9.62. The minimum absolute atomic E-state index is 0.0893. The molecule has 156 valence electrons. The Kier molecular flexibility index (Phi) is 6.48. The quantitative estimate of drug-likeness (QED) is 0.444. The third kappa shape index (κ3) is 4.86. The number of aromatic nitrogens is 2. The molecule has 1 aromatic heterocycles. The van der Waals surface area contributed by atoms with E-state index in [0.29, 0.717) is 12.2 Å². The molecular weight excluding hydrogens is 406 g/mol. The van der Waals surface area contributed by atoms with E-state index in [0.717, 1.165) is 17.2 Å². The molecule has 0 aliphatic rings. The summed E-state index contributed by atoms with van der Waals surface area (Å²) in [6.07, 6.45) is 0. The van der Waals surface area contributed by atoms with E-state index in [4.69, 9.17) is 0 Å². The minimum atomic E-state index is -0.444. The number of hydrogen-bond donors (Lipinski definition) is 1. The second-order valence-corrected chi connectivity index (χ2v) is 8.30. The van der Waals surface area contributed by atoms with Crippen LogP contribution in [0, 0.1) is 6.92 Å². The van der Waals surface area contributed by atoms with Gasteiger partial charge in [-0.25, -0.2) is 4.68 Å². The second-order valence-electron chi connectivity index (χ2n) is 7.19. The van der Waals surface area contributed by atoms with Crippen LogP contribution in [-0.4, -0.2) is 28.0 Å². The van der Waals surface area contributed by atoms with Crippen molar-refractivity contribution in [2.75, 3.05) is 12.3 Å². The zero-order chi connectivity index (χ0) is 21.6. The number of para-hydroxylation sites is 1. The lowest BCUT2D eigenvalue weighted by Gasteiger charge is -2.11. The molecular formula is C25H23N3O2S. The summed E-state index contributed by atoms with van der Waals surface area (Å²) in [5, 5.41) is 9.62. The fourth-order valence-corrected chi connectivity index (χ4v) is 4.32. The summed E-state index contributed by atoms with van der Waals surface area (Å²) in [5.74, 6) is 1.16. The molecule has 0 aliphatic carbocycles. The average molecular weight is 430 g/mol. The number of nitrogens with one attached hydrogen (secondary N) is 1. The minimum Gasteiger partial charge on any atom is -0.350 e. The first kappa shape index (κ1) is 20.9. The molecule has 0 aliphatic heterocycles. The third-order valence-electron chi connectivity index (χ3n) is 4.99. The van der Waals surface area contributed by atoms with E-state index >= 15 is 0 Å². The van der Waals surface area contributed by atoms with Gasteiger partial charge < -0.3 is 5.32 Å². The molecule has 0 atom stereocenters. The van der Waals surface area contributed by atoms with Gasteiger partial charge in [0.05, 0.1) is 5.69 Å². The number of carbonyl (C=O) groups is 1. The molecule has 5 nitrogen and oxygen atoms in total. The van der Waals surface area contributed by atoms with Gasteiger partial charge in [0, 0.05) is 29.8 Å². The van der Waals surface area contributed by atoms with Crippen molar-refractivity contribution in [3.63, 3.8) is 0 Å². The smallest absolute Gasteiger partial charge is 0.275 e. The van der Waals surface area contributed by atoms with Gasteiger partial charge in [0.1, 0.15) is 0 Å². The van der Waals surface area contributed by atoms with E-state index in [1.165, 1.54) is 22.4 Å². The molecule has 3 aromatic carbocycles. The number of aryl methyl sites for hydroxylation is 1. The van der Waals surface area contributed by atoms with E-state index in [9.17, 15) is 9.59 Å². The maximum Gasteiger partial charge on any atom is 0.275 e. The van der Waals surface area contributed by atoms with Crippen LogP contribution in [-0.2, 0) is 5.75 Å². The molecule has 0 unspecified atom stereocenters. The molecule has 1 heterocycles. The fraction of sp³-hybridized carbons (Fsp3) is 0.160. The first-order chi connectivity index (χ1) is 15.1. The van der Waals surface area contributed by atoms with Crippen molar-refractivity contribution in [2.45, 2.75) is 12.7 Å². The standard InChI is InChI=1S/C25H23N3O2S/c1-18-16-23(29)24(27-28(18)21-11-3-2-4-12-21)25(30)26-14-15-31-17-20-10-7-9-19-8-5-6-13-22(19)20/h2-13,16H,14-15,17H2,1H3,(H,26,30). The first-order valence-corrected chi connectivity index (χ1v) is 11.3. The highest BCUT2D eigenvalue weighted by molar-refractivity contribution is 7.98. The van der Waals surface area contributed by atoms with E-state index in [1.54, 1.807) is 23.4 Å². The van der Waals surface area contributed by atoms with Gasteiger partial charge in [0.2, 0.25) is 5.43 Å². The Morgan fingerprint density at radius 1 is 1.00 bits per heavy atom. The predicted octanol–water partition coefficient (Wildman–Crippen LogP) is 4.36. The Bertz CT molecular complexity index is 1260. The Labute approximate surface area is 185 Å². The topological polar surface area (TPSA) is 64.0 Å². The summed E-state index contributed by atoms with van der Waals surface area (Å²) in [4.78, 5) is 24.9. The molecule has 0 fully saturated rings. The summed E-state index contributed by atoms with van der Waals surface area (Å²) in [5.41, 5.74) is 2.30. The van der Waals surface area contributed by atoms with Crippen molar-refractivity contribution in [2.24, 2.45) is 0 Å². The van der Waals surface area contributed by atoms with Gasteiger partial charge in [-0.2, -0.15) is 16.9 Å². The number of benzene rings is 3. The van der Waals surface area contributed by atoms with Crippen molar-refractivity contribution in [1.29, 1.82) is 0 Å². The Hall–Kier alpha value is -3.38. The highest BCUT2D eigenvalue weighted by Crippen LogP contribution is 2.22.